The number of alkyl halides is 5. The number of ether oxygens (including phenoxy) is 1. The van der Waals surface area contributed by atoms with E-state index in [4.69, 9.17) is 11.6 Å². The van der Waals surface area contributed by atoms with E-state index in [0.29, 0.717) is 0 Å². The van der Waals surface area contributed by atoms with Gasteiger partial charge in [0, 0.05) is 31.7 Å². The highest BCUT2D eigenvalue weighted by Crippen LogP contribution is 2.31. The molecule has 0 N–H and O–H groups in total. The maximum Gasteiger partial charge on any atom is 0.416 e. The van der Waals surface area contributed by atoms with Crippen LogP contribution >= 0.6 is 11.6 Å². The molecule has 6 nitrogen and oxygen atoms in total. The number of halogens is 6. The number of carbonyl (C=O) groups excluding carboxylic acids is 1. The fourth-order valence-corrected chi connectivity index (χ4v) is 4.86. The minimum absolute atomic E-state index is 0.0470. The van der Waals surface area contributed by atoms with Crippen molar-refractivity contribution in [1.82, 2.24) is 9.21 Å². The minimum atomic E-state index is -4.60. The Morgan fingerprint density at radius 3 is 2.25 bits per heavy atom. The summed E-state index contributed by atoms with van der Waals surface area (Å²) in [5, 5.41) is -0.315. The summed E-state index contributed by atoms with van der Waals surface area (Å²) in [5.41, 5.74) is -1.11. The van der Waals surface area contributed by atoms with Crippen LogP contribution in [0.4, 0.5) is 22.0 Å². The molecule has 0 saturated carbocycles. The highest BCUT2D eigenvalue weighted by molar-refractivity contribution is 7.89. The van der Waals surface area contributed by atoms with Crippen LogP contribution in [0.15, 0.2) is 47.4 Å². The first-order chi connectivity index (χ1) is 14.9. The van der Waals surface area contributed by atoms with Gasteiger partial charge in [0.05, 0.1) is 15.5 Å². The number of nitrogens with zero attached hydrogens (tertiary/aromatic N) is 2. The number of piperazine rings is 1. The molecule has 1 aliphatic heterocycles. The van der Waals surface area contributed by atoms with Crippen LogP contribution < -0.4 is 4.74 Å². The van der Waals surface area contributed by atoms with Crippen LogP contribution in [0.3, 0.4) is 0 Å². The number of sulfonamides is 1. The highest BCUT2D eigenvalue weighted by atomic mass is 35.5. The first-order valence-electron chi connectivity index (χ1n) is 9.10. The van der Waals surface area contributed by atoms with Crippen molar-refractivity contribution in [2.24, 2.45) is 0 Å². The second-order valence-corrected chi connectivity index (χ2v) is 9.09. The van der Waals surface area contributed by atoms with Crippen LogP contribution in [-0.4, -0.2) is 56.3 Å². The number of hydrogen-bond donors (Lipinski definition) is 0. The number of carbonyl (C=O) groups is 1. The third kappa shape index (κ3) is 5.30. The van der Waals surface area contributed by atoms with Gasteiger partial charge in [0.1, 0.15) is 5.75 Å². The van der Waals surface area contributed by atoms with E-state index in [1.165, 1.54) is 11.0 Å². The summed E-state index contributed by atoms with van der Waals surface area (Å²) in [6.45, 7) is -3.44. The van der Waals surface area contributed by atoms with E-state index in [9.17, 15) is 35.2 Å². The van der Waals surface area contributed by atoms with Gasteiger partial charge in [0.2, 0.25) is 10.0 Å². The molecule has 1 fully saturated rings. The second-order valence-electron chi connectivity index (χ2n) is 6.75. The molecule has 2 aromatic rings. The van der Waals surface area contributed by atoms with E-state index in [2.05, 4.69) is 4.74 Å². The molecule has 0 spiro atoms. The lowest BCUT2D eigenvalue weighted by Crippen LogP contribution is -2.50. The molecule has 1 heterocycles. The van der Waals surface area contributed by atoms with Crippen molar-refractivity contribution in [3.63, 3.8) is 0 Å². The summed E-state index contributed by atoms with van der Waals surface area (Å²) in [6.07, 6.45) is -4.60. The molecule has 32 heavy (non-hydrogen) atoms. The van der Waals surface area contributed by atoms with Crippen LogP contribution in [0.5, 0.6) is 5.75 Å². The molecule has 13 heteroatoms. The van der Waals surface area contributed by atoms with Gasteiger partial charge >= 0.3 is 12.8 Å². The van der Waals surface area contributed by atoms with Crippen LogP contribution in [0.2, 0.25) is 5.02 Å². The van der Waals surface area contributed by atoms with E-state index in [1.54, 1.807) is 0 Å². The molecule has 0 aliphatic carbocycles. The fourth-order valence-electron chi connectivity index (χ4n) is 3.13. The number of amides is 1. The summed E-state index contributed by atoms with van der Waals surface area (Å²) in [7, 11) is -4.05. The third-order valence-electron chi connectivity index (χ3n) is 4.72. The first-order valence-corrected chi connectivity index (χ1v) is 10.9. The number of hydrogen-bond acceptors (Lipinski definition) is 4. The Labute approximate surface area is 185 Å². The van der Waals surface area contributed by atoms with E-state index < -0.39 is 34.3 Å². The molecule has 174 valence electrons. The van der Waals surface area contributed by atoms with Crippen LogP contribution in [0, 0.1) is 0 Å². The number of rotatable bonds is 5. The van der Waals surface area contributed by atoms with Gasteiger partial charge in [-0.15, -0.1) is 0 Å². The van der Waals surface area contributed by atoms with Crippen molar-refractivity contribution in [3.05, 3.63) is 58.6 Å². The van der Waals surface area contributed by atoms with E-state index >= 15 is 0 Å². The highest BCUT2D eigenvalue weighted by Gasteiger charge is 2.33. The zero-order chi connectivity index (χ0) is 23.7. The lowest BCUT2D eigenvalue weighted by molar-refractivity contribution is -0.137. The lowest BCUT2D eigenvalue weighted by atomic mass is 10.1. The maximum absolute atomic E-state index is 12.9. The summed E-state index contributed by atoms with van der Waals surface area (Å²) < 4.78 is 94.2. The maximum atomic E-state index is 12.9. The Kier molecular flexibility index (Phi) is 6.96. The molecule has 0 unspecified atom stereocenters. The predicted molar refractivity (Wildman–Crippen MR) is 104 cm³/mol. The molecule has 1 saturated heterocycles. The molecular formula is C19H16ClF5N2O4S. The van der Waals surface area contributed by atoms with Crippen molar-refractivity contribution in [2.45, 2.75) is 17.7 Å². The Morgan fingerprint density at radius 1 is 1.03 bits per heavy atom. The van der Waals surface area contributed by atoms with Gasteiger partial charge in [-0.1, -0.05) is 17.7 Å². The standard InChI is InChI=1S/C19H16ClF5N2O4S/c20-15-11-14(4-5-16(15)31-18(21)22)32(29,30)27-8-6-26(7-9-27)17(28)12-2-1-3-13(10-12)19(23,24)25/h1-5,10-11,18H,6-9H2. The van der Waals surface area contributed by atoms with Crippen LogP contribution in [-0.2, 0) is 16.2 Å². The first kappa shape index (κ1) is 24.2. The Hall–Kier alpha value is -2.44. The van der Waals surface area contributed by atoms with Gasteiger partial charge in [-0.3, -0.25) is 4.79 Å². The SMILES string of the molecule is O=C(c1cccc(C(F)(F)F)c1)N1CCN(S(=O)(=O)c2ccc(OC(F)F)c(Cl)c2)CC1. The van der Waals surface area contributed by atoms with E-state index in [1.807, 2.05) is 0 Å². The zero-order valence-electron chi connectivity index (χ0n) is 16.2. The molecule has 1 amide bonds. The molecule has 0 radical (unpaired) electrons. The molecule has 3 rings (SSSR count). The van der Waals surface area contributed by atoms with Crippen molar-refractivity contribution in [2.75, 3.05) is 26.2 Å². The summed E-state index contributed by atoms with van der Waals surface area (Å²) in [6, 6.07) is 7.04. The quantitative estimate of drug-likeness (QED) is 0.582. The van der Waals surface area contributed by atoms with Crippen LogP contribution in [0.1, 0.15) is 15.9 Å². The van der Waals surface area contributed by atoms with Gasteiger partial charge < -0.3 is 9.64 Å². The fraction of sp³-hybridized carbons (Fsp3) is 0.316. The Morgan fingerprint density at radius 2 is 1.69 bits per heavy atom. The molecule has 1 aliphatic rings. The third-order valence-corrected chi connectivity index (χ3v) is 6.91. The zero-order valence-corrected chi connectivity index (χ0v) is 17.7. The normalized spacial score (nSPS) is 15.8. The largest absolute Gasteiger partial charge is 0.433 e. The average molecular weight is 499 g/mol. The molecule has 0 atom stereocenters. The molecule has 2 aromatic carbocycles. The Bertz CT molecular complexity index is 1100. The molecule has 0 aromatic heterocycles. The van der Waals surface area contributed by atoms with Crippen LogP contribution in [0.25, 0.3) is 0 Å². The topological polar surface area (TPSA) is 66.9 Å². The lowest BCUT2D eigenvalue weighted by Gasteiger charge is -2.34. The van der Waals surface area contributed by atoms with E-state index in [0.717, 1.165) is 40.7 Å². The van der Waals surface area contributed by atoms with Gasteiger partial charge in [0.25, 0.3) is 5.91 Å². The average Bonchev–Trinajstić information content (AvgIpc) is 2.74. The summed E-state index contributed by atoms with van der Waals surface area (Å²) >= 11 is 5.82. The van der Waals surface area contributed by atoms with E-state index in [-0.39, 0.29) is 47.4 Å². The number of benzene rings is 2. The van der Waals surface area contributed by atoms with Crippen molar-refractivity contribution in [1.29, 1.82) is 0 Å². The van der Waals surface area contributed by atoms with Gasteiger partial charge in [-0.2, -0.15) is 26.3 Å². The molecular weight excluding hydrogens is 483 g/mol. The monoisotopic (exact) mass is 498 g/mol. The molecule has 0 bridgehead atoms. The smallest absolute Gasteiger partial charge is 0.416 e. The predicted octanol–water partition coefficient (Wildman–Crippen LogP) is 4.11. The van der Waals surface area contributed by atoms with Crippen molar-refractivity contribution in [3.8, 4) is 5.75 Å². The Balaban J connectivity index is 1.70. The van der Waals surface area contributed by atoms with Crippen molar-refractivity contribution < 1.29 is 39.9 Å². The summed E-state index contributed by atoms with van der Waals surface area (Å²) in [5.74, 6) is -1.03. The van der Waals surface area contributed by atoms with Gasteiger partial charge in [0.15, 0.2) is 0 Å². The minimum Gasteiger partial charge on any atom is -0.433 e. The summed E-state index contributed by atoms with van der Waals surface area (Å²) in [4.78, 5) is 13.6. The van der Waals surface area contributed by atoms with Crippen molar-refractivity contribution >= 4 is 27.5 Å². The van der Waals surface area contributed by atoms with Gasteiger partial charge in [-0.25, -0.2) is 8.42 Å². The van der Waals surface area contributed by atoms with Gasteiger partial charge in [-0.05, 0) is 36.4 Å². The second kappa shape index (κ2) is 9.20.